The van der Waals surface area contributed by atoms with E-state index in [0.29, 0.717) is 50.5 Å². The SMILES string of the molecule is C=C1/C(=C\C=C2/CCC[C@]3(C)[C@@H]([C@@H](C)OCC[C@H](O)C(O)(CC)CC)CC[C@@H]23)C[C@H](O)C[C@H]1CO. The zero-order valence-electron chi connectivity index (χ0n) is 22.5. The Kier molecular flexibility index (Phi) is 9.84. The van der Waals surface area contributed by atoms with Crippen LogP contribution in [-0.4, -0.2) is 57.6 Å². The van der Waals surface area contributed by atoms with Gasteiger partial charge in [0.2, 0.25) is 0 Å². The average molecular weight is 491 g/mol. The van der Waals surface area contributed by atoms with E-state index in [4.69, 9.17) is 4.74 Å². The van der Waals surface area contributed by atoms with Gasteiger partial charge in [0.05, 0.1) is 30.5 Å². The third-order valence-electron chi connectivity index (χ3n) is 9.86. The summed E-state index contributed by atoms with van der Waals surface area (Å²) in [5.41, 5.74) is 2.73. The van der Waals surface area contributed by atoms with Crippen molar-refractivity contribution in [1.29, 1.82) is 0 Å². The number of fused-ring (bicyclic) bond motifs is 1. The minimum absolute atomic E-state index is 0.0390. The fourth-order valence-corrected chi connectivity index (χ4v) is 7.29. The van der Waals surface area contributed by atoms with Crippen molar-refractivity contribution in [3.8, 4) is 0 Å². The number of aliphatic hydroxyl groups excluding tert-OH is 3. The smallest absolute Gasteiger partial charge is 0.0901 e. The van der Waals surface area contributed by atoms with E-state index in [9.17, 15) is 20.4 Å². The predicted octanol–water partition coefficient (Wildman–Crippen LogP) is 5.08. The van der Waals surface area contributed by atoms with Crippen LogP contribution in [-0.2, 0) is 4.74 Å². The molecule has 0 aromatic carbocycles. The Morgan fingerprint density at radius 2 is 1.94 bits per heavy atom. The van der Waals surface area contributed by atoms with E-state index in [1.54, 1.807) is 0 Å². The zero-order chi connectivity index (χ0) is 25.8. The second kappa shape index (κ2) is 12.0. The summed E-state index contributed by atoms with van der Waals surface area (Å²) in [4.78, 5) is 0. The van der Waals surface area contributed by atoms with Crippen LogP contribution in [0.15, 0.2) is 35.5 Å². The van der Waals surface area contributed by atoms with Gasteiger partial charge in [-0.15, -0.1) is 0 Å². The van der Waals surface area contributed by atoms with Crippen molar-refractivity contribution in [2.75, 3.05) is 13.2 Å². The molecule has 0 bridgehead atoms. The molecule has 7 atom stereocenters. The highest BCUT2D eigenvalue weighted by atomic mass is 16.5. The Bertz CT molecular complexity index is 782. The number of aliphatic hydroxyl groups is 4. The van der Waals surface area contributed by atoms with Gasteiger partial charge < -0.3 is 25.2 Å². The lowest BCUT2D eigenvalue weighted by Gasteiger charge is -2.44. The molecule has 3 rings (SSSR count). The van der Waals surface area contributed by atoms with Crippen molar-refractivity contribution >= 4 is 0 Å². The van der Waals surface area contributed by atoms with Gasteiger partial charge in [-0.2, -0.15) is 0 Å². The third kappa shape index (κ3) is 6.13. The number of hydrogen-bond acceptors (Lipinski definition) is 5. The maximum atomic E-state index is 10.6. The molecular weight excluding hydrogens is 440 g/mol. The summed E-state index contributed by atoms with van der Waals surface area (Å²) >= 11 is 0. The third-order valence-corrected chi connectivity index (χ3v) is 9.86. The summed E-state index contributed by atoms with van der Waals surface area (Å²) in [6.07, 6.45) is 12.0. The molecular formula is C30H50O5. The van der Waals surface area contributed by atoms with E-state index in [0.717, 1.165) is 24.0 Å². The Balaban J connectivity index is 1.65. The van der Waals surface area contributed by atoms with Crippen LogP contribution in [0.1, 0.15) is 91.9 Å². The van der Waals surface area contributed by atoms with Crippen molar-refractivity contribution in [3.05, 3.63) is 35.5 Å². The van der Waals surface area contributed by atoms with Gasteiger partial charge in [0.15, 0.2) is 0 Å². The monoisotopic (exact) mass is 490 g/mol. The first-order valence-corrected chi connectivity index (χ1v) is 14.0. The highest BCUT2D eigenvalue weighted by Gasteiger charge is 2.51. The Morgan fingerprint density at radius 1 is 1.23 bits per heavy atom. The summed E-state index contributed by atoms with van der Waals surface area (Å²) < 4.78 is 6.27. The van der Waals surface area contributed by atoms with Crippen LogP contribution in [0.4, 0.5) is 0 Å². The molecule has 0 amide bonds. The molecule has 5 heteroatoms. The van der Waals surface area contributed by atoms with Crippen LogP contribution in [0.2, 0.25) is 0 Å². The van der Waals surface area contributed by atoms with Crippen molar-refractivity contribution in [1.82, 2.24) is 0 Å². The van der Waals surface area contributed by atoms with Gasteiger partial charge in [-0.05, 0) is 99.5 Å². The minimum atomic E-state index is -1.02. The van der Waals surface area contributed by atoms with E-state index in [1.165, 1.54) is 24.8 Å². The molecule has 0 heterocycles. The Morgan fingerprint density at radius 3 is 2.60 bits per heavy atom. The van der Waals surface area contributed by atoms with Crippen LogP contribution in [0, 0.1) is 23.2 Å². The molecule has 0 saturated heterocycles. The molecule has 0 aromatic rings. The maximum absolute atomic E-state index is 10.6. The minimum Gasteiger partial charge on any atom is -0.396 e. The van der Waals surface area contributed by atoms with Gasteiger partial charge >= 0.3 is 0 Å². The van der Waals surface area contributed by atoms with Crippen LogP contribution in [0.25, 0.3) is 0 Å². The first-order valence-electron chi connectivity index (χ1n) is 14.0. The second-order valence-electron chi connectivity index (χ2n) is 11.7. The Hall–Kier alpha value is -0.980. The first kappa shape index (κ1) is 28.6. The highest BCUT2D eigenvalue weighted by Crippen LogP contribution is 2.58. The quantitative estimate of drug-likeness (QED) is 0.343. The van der Waals surface area contributed by atoms with Crippen molar-refractivity contribution in [3.63, 3.8) is 0 Å². The van der Waals surface area contributed by atoms with Crippen molar-refractivity contribution in [2.24, 2.45) is 23.2 Å². The first-order chi connectivity index (χ1) is 16.6. The highest BCUT2D eigenvalue weighted by molar-refractivity contribution is 5.38. The number of hydrogen-bond donors (Lipinski definition) is 4. The fraction of sp³-hybridized carbons (Fsp3) is 0.800. The molecule has 0 unspecified atom stereocenters. The fourth-order valence-electron chi connectivity index (χ4n) is 7.29. The average Bonchev–Trinajstić information content (AvgIpc) is 3.21. The van der Waals surface area contributed by atoms with E-state index >= 15 is 0 Å². The summed E-state index contributed by atoms with van der Waals surface area (Å²) in [5, 5.41) is 40.9. The lowest BCUT2D eigenvalue weighted by Crippen LogP contribution is -2.42. The molecule has 0 radical (unpaired) electrons. The lowest BCUT2D eigenvalue weighted by molar-refractivity contribution is -0.0997. The largest absolute Gasteiger partial charge is 0.396 e. The molecule has 0 aromatic heterocycles. The lowest BCUT2D eigenvalue weighted by atomic mass is 9.62. The van der Waals surface area contributed by atoms with E-state index < -0.39 is 17.8 Å². The maximum Gasteiger partial charge on any atom is 0.0901 e. The molecule has 3 aliphatic rings. The van der Waals surface area contributed by atoms with Gasteiger partial charge in [0, 0.05) is 12.5 Å². The van der Waals surface area contributed by atoms with Crippen molar-refractivity contribution in [2.45, 2.75) is 116 Å². The molecule has 3 saturated carbocycles. The Labute approximate surface area is 213 Å². The zero-order valence-corrected chi connectivity index (χ0v) is 22.5. The summed E-state index contributed by atoms with van der Waals surface area (Å²) in [6, 6.07) is 0. The number of ether oxygens (including phenoxy) is 1. The van der Waals surface area contributed by atoms with Gasteiger partial charge in [0.1, 0.15) is 0 Å². The van der Waals surface area contributed by atoms with Gasteiger partial charge in [-0.3, -0.25) is 0 Å². The molecule has 0 spiro atoms. The molecule has 0 aliphatic heterocycles. The molecule has 3 aliphatic carbocycles. The summed E-state index contributed by atoms with van der Waals surface area (Å²) in [6.45, 7) is 13.2. The van der Waals surface area contributed by atoms with Gasteiger partial charge in [0.25, 0.3) is 0 Å². The molecule has 4 N–H and O–H groups in total. The van der Waals surface area contributed by atoms with Crippen LogP contribution >= 0.6 is 0 Å². The van der Waals surface area contributed by atoms with E-state index in [1.807, 2.05) is 13.8 Å². The van der Waals surface area contributed by atoms with Gasteiger partial charge in [-0.1, -0.05) is 45.1 Å². The normalized spacial score (nSPS) is 35.9. The number of rotatable bonds is 10. The second-order valence-corrected chi connectivity index (χ2v) is 11.7. The topological polar surface area (TPSA) is 90.2 Å². The van der Waals surface area contributed by atoms with E-state index in [-0.39, 0.29) is 24.0 Å². The van der Waals surface area contributed by atoms with Crippen molar-refractivity contribution < 1.29 is 25.2 Å². The molecule has 3 fully saturated rings. The van der Waals surface area contributed by atoms with Crippen LogP contribution < -0.4 is 0 Å². The summed E-state index contributed by atoms with van der Waals surface area (Å²) in [7, 11) is 0. The standard InChI is InChI=1S/C30H50O5/c1-6-30(34,7-2)28(33)14-16-35-21(4)26-12-13-27-22(9-8-15-29(26,27)5)10-11-23-17-25(32)18-24(19-31)20(23)3/h10-11,21,24-28,31-34H,3,6-9,12-19H2,1-2,4-5H3/b22-10+,23-11-/t21-,24+,25+,26-,27+,28+,29-/m1/s1. The predicted molar refractivity (Wildman–Crippen MR) is 141 cm³/mol. The van der Waals surface area contributed by atoms with E-state index in [2.05, 4.69) is 32.6 Å². The van der Waals surface area contributed by atoms with Crippen LogP contribution in [0.5, 0.6) is 0 Å². The van der Waals surface area contributed by atoms with Crippen LogP contribution in [0.3, 0.4) is 0 Å². The molecule has 5 nitrogen and oxygen atoms in total. The van der Waals surface area contributed by atoms with Gasteiger partial charge in [-0.25, -0.2) is 0 Å². The molecule has 35 heavy (non-hydrogen) atoms. The summed E-state index contributed by atoms with van der Waals surface area (Å²) in [5.74, 6) is 0.968. The molecule has 200 valence electrons. The number of allylic oxidation sites excluding steroid dienone is 3.